The number of hydrogen-bond acceptors (Lipinski definition) is 6. The highest BCUT2D eigenvalue weighted by Crippen LogP contribution is 2.42. The first-order chi connectivity index (χ1) is 10.1. The maximum absolute atomic E-state index is 9.23. The number of nitriles is 1. The van der Waals surface area contributed by atoms with Crippen LogP contribution in [0.2, 0.25) is 0 Å². The Balaban J connectivity index is 2.18. The van der Waals surface area contributed by atoms with E-state index >= 15 is 0 Å². The summed E-state index contributed by atoms with van der Waals surface area (Å²) in [7, 11) is 4.61. The molecule has 1 unspecified atom stereocenters. The van der Waals surface area contributed by atoms with Crippen LogP contribution in [0.5, 0.6) is 23.0 Å². The van der Waals surface area contributed by atoms with E-state index in [1.54, 1.807) is 12.1 Å². The Morgan fingerprint density at radius 1 is 1.19 bits per heavy atom. The number of rotatable bonds is 7. The molecule has 0 radical (unpaired) electrons. The van der Waals surface area contributed by atoms with E-state index in [2.05, 4.69) is 6.07 Å². The zero-order valence-corrected chi connectivity index (χ0v) is 12.5. The average Bonchev–Trinajstić information content (AvgIpc) is 3.36. The highest BCUT2D eigenvalue weighted by atomic mass is 16.5. The van der Waals surface area contributed by atoms with Crippen LogP contribution in [0, 0.1) is 17.2 Å². The number of methoxy groups -OCH3 is 3. The van der Waals surface area contributed by atoms with Gasteiger partial charge in [-0.25, -0.2) is 0 Å². The number of ether oxygens (including phenoxy) is 4. The van der Waals surface area contributed by atoms with Gasteiger partial charge in [0.05, 0.1) is 27.4 Å². The number of nitrogens with two attached hydrogens (primary N) is 1. The van der Waals surface area contributed by atoms with Crippen molar-refractivity contribution in [1.82, 2.24) is 0 Å². The molecule has 2 rings (SSSR count). The molecule has 2 N–H and O–H groups in total. The Labute approximate surface area is 124 Å². The third-order valence-electron chi connectivity index (χ3n) is 3.63. The molecule has 0 aliphatic heterocycles. The average molecular weight is 292 g/mol. The Bertz CT molecular complexity index is 526. The summed E-state index contributed by atoms with van der Waals surface area (Å²) < 4.78 is 21.4. The van der Waals surface area contributed by atoms with Crippen LogP contribution in [0.4, 0.5) is 0 Å². The monoisotopic (exact) mass is 292 g/mol. The Morgan fingerprint density at radius 3 is 2.14 bits per heavy atom. The smallest absolute Gasteiger partial charge is 0.203 e. The van der Waals surface area contributed by atoms with Crippen molar-refractivity contribution in [3.63, 3.8) is 0 Å². The van der Waals surface area contributed by atoms with Crippen LogP contribution in [0.15, 0.2) is 12.1 Å². The van der Waals surface area contributed by atoms with Gasteiger partial charge in [0.1, 0.15) is 17.9 Å². The first kappa shape index (κ1) is 15.3. The molecule has 114 valence electrons. The number of nitrogens with zero attached hydrogens (tertiary/aromatic N) is 1. The fourth-order valence-corrected chi connectivity index (χ4v) is 2.18. The van der Waals surface area contributed by atoms with Crippen LogP contribution in [0.1, 0.15) is 12.8 Å². The van der Waals surface area contributed by atoms with Crippen molar-refractivity contribution in [2.45, 2.75) is 18.4 Å². The molecule has 0 spiro atoms. The summed E-state index contributed by atoms with van der Waals surface area (Å²) in [6.45, 7) is 0.132. The normalized spacial score (nSPS) is 16.5. The van der Waals surface area contributed by atoms with E-state index in [-0.39, 0.29) is 12.5 Å². The molecule has 0 saturated heterocycles. The fraction of sp³-hybridized carbons (Fsp3) is 0.533. The number of benzene rings is 1. The minimum Gasteiger partial charge on any atom is -0.493 e. The predicted octanol–water partition coefficient (Wildman–Crippen LogP) is 1.72. The van der Waals surface area contributed by atoms with E-state index in [9.17, 15) is 5.26 Å². The molecule has 1 aliphatic carbocycles. The van der Waals surface area contributed by atoms with Gasteiger partial charge in [-0.2, -0.15) is 5.26 Å². The second-order valence-electron chi connectivity index (χ2n) is 5.08. The molecule has 21 heavy (non-hydrogen) atoms. The van der Waals surface area contributed by atoms with E-state index in [1.807, 2.05) is 0 Å². The van der Waals surface area contributed by atoms with Crippen molar-refractivity contribution in [2.75, 3.05) is 27.9 Å². The van der Waals surface area contributed by atoms with E-state index in [1.165, 1.54) is 21.3 Å². The predicted molar refractivity (Wildman–Crippen MR) is 76.8 cm³/mol. The molecule has 1 fully saturated rings. The van der Waals surface area contributed by atoms with Crippen molar-refractivity contribution in [1.29, 1.82) is 5.26 Å². The molecule has 6 heteroatoms. The summed E-state index contributed by atoms with van der Waals surface area (Å²) in [5.41, 5.74) is 5.13. The summed E-state index contributed by atoms with van der Waals surface area (Å²) >= 11 is 0. The molecule has 1 saturated carbocycles. The van der Waals surface area contributed by atoms with Crippen molar-refractivity contribution in [2.24, 2.45) is 11.7 Å². The molecule has 1 aliphatic rings. The van der Waals surface area contributed by atoms with Crippen LogP contribution in [0.25, 0.3) is 0 Å². The third-order valence-corrected chi connectivity index (χ3v) is 3.63. The maximum atomic E-state index is 9.23. The topological polar surface area (TPSA) is 86.7 Å². The second-order valence-corrected chi connectivity index (χ2v) is 5.08. The van der Waals surface area contributed by atoms with Crippen molar-refractivity contribution < 1.29 is 18.9 Å². The van der Waals surface area contributed by atoms with E-state index < -0.39 is 5.54 Å². The first-order valence-electron chi connectivity index (χ1n) is 6.71. The molecule has 0 aromatic heterocycles. The first-order valence-corrected chi connectivity index (χ1v) is 6.71. The van der Waals surface area contributed by atoms with Crippen LogP contribution in [0.3, 0.4) is 0 Å². The standard InChI is InChI=1S/C15H20N2O4/c1-18-12-6-11(7-13(19-2)14(12)20-3)21-9-15(17,8-16)10-4-5-10/h6-7,10H,4-5,9,17H2,1-3H3. The molecule has 1 aromatic carbocycles. The number of hydrogen-bond donors (Lipinski definition) is 1. The minimum atomic E-state index is -0.944. The highest BCUT2D eigenvalue weighted by Gasteiger charge is 2.43. The van der Waals surface area contributed by atoms with Gasteiger partial charge in [0.25, 0.3) is 0 Å². The molecule has 0 bridgehead atoms. The second kappa shape index (κ2) is 6.10. The highest BCUT2D eigenvalue weighted by molar-refractivity contribution is 5.55. The SMILES string of the molecule is COc1cc(OCC(N)(C#N)C2CC2)cc(OC)c1OC. The Hall–Kier alpha value is -2.13. The fourth-order valence-electron chi connectivity index (χ4n) is 2.18. The van der Waals surface area contributed by atoms with Gasteiger partial charge in [0.2, 0.25) is 5.75 Å². The zero-order chi connectivity index (χ0) is 15.5. The van der Waals surface area contributed by atoms with E-state index in [4.69, 9.17) is 24.7 Å². The molecular weight excluding hydrogens is 272 g/mol. The Morgan fingerprint density at radius 2 is 1.76 bits per heavy atom. The van der Waals surface area contributed by atoms with Gasteiger partial charge in [-0.1, -0.05) is 0 Å². The summed E-state index contributed by atoms with van der Waals surface area (Å²) in [4.78, 5) is 0. The summed E-state index contributed by atoms with van der Waals surface area (Å²) in [6.07, 6.45) is 1.95. The van der Waals surface area contributed by atoms with Crippen molar-refractivity contribution in [3.8, 4) is 29.1 Å². The lowest BCUT2D eigenvalue weighted by molar-refractivity contribution is 0.233. The van der Waals surface area contributed by atoms with Gasteiger partial charge < -0.3 is 24.7 Å². The third kappa shape index (κ3) is 3.14. The zero-order valence-electron chi connectivity index (χ0n) is 12.5. The molecule has 1 atom stereocenters. The quantitative estimate of drug-likeness (QED) is 0.823. The lowest BCUT2D eigenvalue weighted by Crippen LogP contribution is -2.46. The van der Waals surface area contributed by atoms with Crippen LogP contribution < -0.4 is 24.7 Å². The van der Waals surface area contributed by atoms with Crippen molar-refractivity contribution >= 4 is 0 Å². The molecule has 0 heterocycles. The molecule has 6 nitrogen and oxygen atoms in total. The van der Waals surface area contributed by atoms with Crippen LogP contribution in [-0.2, 0) is 0 Å². The lowest BCUT2D eigenvalue weighted by atomic mass is 9.98. The van der Waals surface area contributed by atoms with Crippen molar-refractivity contribution in [3.05, 3.63) is 12.1 Å². The largest absolute Gasteiger partial charge is 0.493 e. The van der Waals surface area contributed by atoms with Gasteiger partial charge >= 0.3 is 0 Å². The lowest BCUT2D eigenvalue weighted by Gasteiger charge is -2.22. The molecule has 0 amide bonds. The maximum Gasteiger partial charge on any atom is 0.203 e. The summed E-state index contributed by atoms with van der Waals surface area (Å²) in [5.74, 6) is 2.23. The van der Waals surface area contributed by atoms with E-state index in [0.717, 1.165) is 12.8 Å². The van der Waals surface area contributed by atoms with Crippen LogP contribution >= 0.6 is 0 Å². The Kier molecular flexibility index (Phi) is 4.43. The van der Waals surface area contributed by atoms with Gasteiger partial charge in [0, 0.05) is 12.1 Å². The summed E-state index contributed by atoms with van der Waals surface area (Å²) in [5, 5.41) is 9.23. The van der Waals surface area contributed by atoms with Crippen LogP contribution in [-0.4, -0.2) is 33.5 Å². The molecular formula is C15H20N2O4. The van der Waals surface area contributed by atoms with Gasteiger partial charge in [-0.05, 0) is 18.8 Å². The minimum absolute atomic E-state index is 0.132. The van der Waals surface area contributed by atoms with Gasteiger partial charge in [-0.3, -0.25) is 0 Å². The van der Waals surface area contributed by atoms with Gasteiger partial charge in [-0.15, -0.1) is 0 Å². The summed E-state index contributed by atoms with van der Waals surface area (Å²) in [6, 6.07) is 5.53. The molecule has 1 aromatic rings. The van der Waals surface area contributed by atoms with Gasteiger partial charge in [0.15, 0.2) is 11.5 Å². The van der Waals surface area contributed by atoms with E-state index in [0.29, 0.717) is 23.0 Å².